The number of hydrogen-bond acceptors (Lipinski definition) is 5. The molecule has 7 nitrogen and oxygen atoms in total. The number of nitrogens with one attached hydrogen (secondary N) is 1. The molecule has 0 bridgehead atoms. The van der Waals surface area contributed by atoms with Gasteiger partial charge in [0.2, 0.25) is 11.8 Å². The van der Waals surface area contributed by atoms with Crippen molar-refractivity contribution in [1.82, 2.24) is 9.55 Å². The van der Waals surface area contributed by atoms with Crippen molar-refractivity contribution in [3.05, 3.63) is 88.5 Å². The molecular formula is C26H21FN4O3S. The molecule has 0 saturated heterocycles. The summed E-state index contributed by atoms with van der Waals surface area (Å²) in [5.74, 6) is -1.04. The number of rotatable bonds is 4. The number of thioether (sulfide) groups is 1. The first-order chi connectivity index (χ1) is 16.8. The van der Waals surface area contributed by atoms with Crippen molar-refractivity contribution in [2.75, 3.05) is 16.8 Å². The fourth-order valence-corrected chi connectivity index (χ4v) is 4.99. The predicted octanol–water partition coefficient (Wildman–Crippen LogP) is 4.30. The summed E-state index contributed by atoms with van der Waals surface area (Å²) in [5, 5.41) is 2.72. The van der Waals surface area contributed by atoms with E-state index in [0.717, 1.165) is 11.8 Å². The van der Waals surface area contributed by atoms with E-state index in [1.165, 1.54) is 15.5 Å². The number of nitrogens with zero attached hydrogens (tertiary/aromatic N) is 3. The van der Waals surface area contributed by atoms with Crippen LogP contribution in [0.3, 0.4) is 0 Å². The second-order valence-corrected chi connectivity index (χ2v) is 9.54. The number of hydrogen-bond donors (Lipinski definition) is 1. The van der Waals surface area contributed by atoms with E-state index in [1.807, 2.05) is 0 Å². The van der Waals surface area contributed by atoms with E-state index in [0.29, 0.717) is 33.5 Å². The van der Waals surface area contributed by atoms with Crippen LogP contribution in [0.15, 0.2) is 76.7 Å². The van der Waals surface area contributed by atoms with Gasteiger partial charge in [-0.25, -0.2) is 9.37 Å². The molecule has 35 heavy (non-hydrogen) atoms. The summed E-state index contributed by atoms with van der Waals surface area (Å²) in [6.07, 6.45) is 0. The average Bonchev–Trinajstić information content (AvgIpc) is 2.85. The van der Waals surface area contributed by atoms with Crippen molar-refractivity contribution in [1.29, 1.82) is 0 Å². The molecule has 176 valence electrons. The van der Waals surface area contributed by atoms with E-state index in [4.69, 9.17) is 0 Å². The molecule has 2 heterocycles. The number of halogens is 1. The highest BCUT2D eigenvalue weighted by molar-refractivity contribution is 8.00. The van der Waals surface area contributed by atoms with Crippen molar-refractivity contribution in [2.45, 2.75) is 24.3 Å². The Hall–Kier alpha value is -3.98. The maximum Gasteiger partial charge on any atom is 0.266 e. The number of para-hydroxylation sites is 3. The number of benzene rings is 3. The lowest BCUT2D eigenvalue weighted by Crippen LogP contribution is -2.45. The minimum atomic E-state index is -0.691. The molecule has 1 aliphatic rings. The molecule has 0 aliphatic carbocycles. The third-order valence-corrected chi connectivity index (χ3v) is 6.87. The molecule has 1 unspecified atom stereocenters. The summed E-state index contributed by atoms with van der Waals surface area (Å²) >= 11 is 1.09. The minimum absolute atomic E-state index is 0.109. The van der Waals surface area contributed by atoms with Gasteiger partial charge in [-0.3, -0.25) is 23.9 Å². The summed E-state index contributed by atoms with van der Waals surface area (Å²) in [6.45, 7) is 3.23. The number of carbonyl (C=O) groups is 2. The third kappa shape index (κ3) is 4.19. The third-order valence-electron chi connectivity index (χ3n) is 5.83. The van der Waals surface area contributed by atoms with Crippen LogP contribution in [0.2, 0.25) is 0 Å². The number of amides is 2. The summed E-state index contributed by atoms with van der Waals surface area (Å²) in [4.78, 5) is 45.2. The molecule has 0 saturated carbocycles. The molecule has 0 spiro atoms. The Morgan fingerprint density at radius 1 is 1.09 bits per heavy atom. The van der Waals surface area contributed by atoms with Crippen LogP contribution in [0.25, 0.3) is 16.6 Å². The van der Waals surface area contributed by atoms with Crippen LogP contribution in [0.1, 0.15) is 12.5 Å². The van der Waals surface area contributed by atoms with Crippen LogP contribution in [-0.2, 0) is 9.59 Å². The van der Waals surface area contributed by atoms with Gasteiger partial charge in [0.1, 0.15) is 12.4 Å². The lowest BCUT2D eigenvalue weighted by atomic mass is 10.2. The van der Waals surface area contributed by atoms with Gasteiger partial charge in [0, 0.05) is 0 Å². The van der Waals surface area contributed by atoms with E-state index in [-0.39, 0.29) is 29.1 Å². The highest BCUT2D eigenvalue weighted by Gasteiger charge is 2.31. The smallest absolute Gasteiger partial charge is 0.266 e. The van der Waals surface area contributed by atoms with Crippen LogP contribution >= 0.6 is 11.8 Å². The van der Waals surface area contributed by atoms with Crippen LogP contribution in [0.5, 0.6) is 0 Å². The predicted molar refractivity (Wildman–Crippen MR) is 135 cm³/mol. The van der Waals surface area contributed by atoms with Gasteiger partial charge in [-0.2, -0.15) is 0 Å². The largest absolute Gasteiger partial charge is 0.323 e. The van der Waals surface area contributed by atoms with Crippen molar-refractivity contribution >= 4 is 45.9 Å². The van der Waals surface area contributed by atoms with Crippen LogP contribution < -0.4 is 15.8 Å². The SMILES string of the molecule is Cc1ccc(-n2c(SC(C)C(=O)N3CC(=O)Nc4ccccc43)nc3ccccc3c2=O)cc1F. The highest BCUT2D eigenvalue weighted by atomic mass is 32.2. The van der Waals surface area contributed by atoms with E-state index < -0.39 is 11.1 Å². The van der Waals surface area contributed by atoms with Gasteiger partial charge in [0.15, 0.2) is 5.16 Å². The lowest BCUT2D eigenvalue weighted by Gasteiger charge is -2.31. The zero-order valence-electron chi connectivity index (χ0n) is 19.0. The maximum atomic E-state index is 14.4. The quantitative estimate of drug-likeness (QED) is 0.342. The molecule has 1 N–H and O–H groups in total. The number of anilines is 2. The molecule has 2 amide bonds. The van der Waals surface area contributed by atoms with Gasteiger partial charge in [-0.15, -0.1) is 0 Å². The molecule has 4 aromatic rings. The monoisotopic (exact) mass is 488 g/mol. The van der Waals surface area contributed by atoms with Crippen LogP contribution in [0, 0.1) is 12.7 Å². The maximum absolute atomic E-state index is 14.4. The fourth-order valence-electron chi connectivity index (χ4n) is 4.00. The molecule has 9 heteroatoms. The first-order valence-corrected chi connectivity index (χ1v) is 11.9. The van der Waals surface area contributed by atoms with Gasteiger partial charge >= 0.3 is 0 Å². The second kappa shape index (κ2) is 8.99. The number of aryl methyl sites for hydroxylation is 1. The minimum Gasteiger partial charge on any atom is -0.323 e. The molecule has 0 radical (unpaired) electrons. The van der Waals surface area contributed by atoms with E-state index in [2.05, 4.69) is 10.3 Å². The number of fused-ring (bicyclic) bond motifs is 2. The fraction of sp³-hybridized carbons (Fsp3) is 0.154. The summed E-state index contributed by atoms with van der Waals surface area (Å²) in [5.41, 5.74) is 2.06. The summed E-state index contributed by atoms with van der Waals surface area (Å²) < 4.78 is 15.7. The van der Waals surface area contributed by atoms with Crippen molar-refractivity contribution < 1.29 is 14.0 Å². The van der Waals surface area contributed by atoms with Crippen molar-refractivity contribution in [3.8, 4) is 5.69 Å². The molecule has 3 aromatic carbocycles. The summed E-state index contributed by atoms with van der Waals surface area (Å²) in [7, 11) is 0. The first kappa shape index (κ1) is 22.8. The normalized spacial score (nSPS) is 13.9. The zero-order chi connectivity index (χ0) is 24.7. The molecule has 1 atom stereocenters. The van der Waals surface area contributed by atoms with Gasteiger partial charge in [-0.05, 0) is 55.8 Å². The van der Waals surface area contributed by atoms with E-state index in [9.17, 15) is 18.8 Å². The molecule has 1 aliphatic heterocycles. The standard InChI is InChI=1S/C26H21FN4O3S/c1-15-11-12-17(13-19(15)27)31-25(34)18-7-3-4-8-20(18)29-26(31)35-16(2)24(33)30-14-23(32)28-21-9-5-6-10-22(21)30/h3-13,16H,14H2,1-2H3,(H,28,32). The van der Waals surface area contributed by atoms with Crippen LogP contribution in [0.4, 0.5) is 15.8 Å². The molecule has 5 rings (SSSR count). The van der Waals surface area contributed by atoms with E-state index in [1.54, 1.807) is 74.5 Å². The Bertz CT molecular complexity index is 1550. The number of carbonyl (C=O) groups excluding carboxylic acids is 2. The van der Waals surface area contributed by atoms with Gasteiger partial charge < -0.3 is 5.32 Å². The second-order valence-electron chi connectivity index (χ2n) is 8.24. The molecular weight excluding hydrogens is 467 g/mol. The Kier molecular flexibility index (Phi) is 5.86. The Labute approximate surface area is 204 Å². The number of aromatic nitrogens is 2. The van der Waals surface area contributed by atoms with Crippen molar-refractivity contribution in [3.63, 3.8) is 0 Å². The Balaban J connectivity index is 1.57. The topological polar surface area (TPSA) is 84.3 Å². The zero-order valence-corrected chi connectivity index (χ0v) is 19.8. The Morgan fingerprint density at radius 2 is 1.83 bits per heavy atom. The molecule has 1 aromatic heterocycles. The summed E-state index contributed by atoms with van der Waals surface area (Å²) in [6, 6.07) is 18.5. The van der Waals surface area contributed by atoms with Crippen molar-refractivity contribution in [2.24, 2.45) is 0 Å². The Morgan fingerprint density at radius 3 is 2.63 bits per heavy atom. The first-order valence-electron chi connectivity index (χ1n) is 11.0. The van der Waals surface area contributed by atoms with Gasteiger partial charge in [0.25, 0.3) is 5.56 Å². The van der Waals surface area contributed by atoms with Gasteiger partial charge in [0.05, 0.1) is 33.2 Å². The van der Waals surface area contributed by atoms with E-state index >= 15 is 0 Å². The molecule has 0 fully saturated rings. The van der Waals surface area contributed by atoms with Gasteiger partial charge in [-0.1, -0.05) is 42.1 Å². The lowest BCUT2D eigenvalue weighted by molar-refractivity contribution is -0.121. The average molecular weight is 489 g/mol. The van der Waals surface area contributed by atoms with Crippen LogP contribution in [-0.4, -0.2) is 33.2 Å². The highest BCUT2D eigenvalue weighted by Crippen LogP contribution is 2.32.